The van der Waals surface area contributed by atoms with Crippen molar-refractivity contribution in [2.24, 2.45) is 0 Å². The number of halogens is 1. The second-order valence-corrected chi connectivity index (χ2v) is 3.78. The van der Waals surface area contributed by atoms with Crippen molar-refractivity contribution in [1.82, 2.24) is 0 Å². The van der Waals surface area contributed by atoms with E-state index in [9.17, 15) is 4.79 Å². The molecule has 1 amide bonds. The molecule has 6 heteroatoms. The number of benzene rings is 1. The van der Waals surface area contributed by atoms with E-state index in [0.29, 0.717) is 11.4 Å². The number of nitrogens with one attached hydrogen (secondary N) is 1. The Labute approximate surface area is 101 Å². The van der Waals surface area contributed by atoms with Crippen LogP contribution in [0.3, 0.4) is 0 Å². The molecule has 1 aromatic carbocycles. The average molecular weight is 290 g/mol. The lowest BCUT2D eigenvalue weighted by Crippen LogP contribution is -2.15. The van der Waals surface area contributed by atoms with Gasteiger partial charge >= 0.3 is 6.09 Å². The zero-order valence-electron chi connectivity index (χ0n) is 8.70. The Morgan fingerprint density at radius 2 is 2.25 bits per heavy atom. The van der Waals surface area contributed by atoms with Crippen LogP contribution in [0.5, 0.6) is 5.75 Å². The van der Waals surface area contributed by atoms with Crippen molar-refractivity contribution in [2.45, 2.75) is 0 Å². The van der Waals surface area contributed by atoms with Crippen molar-refractivity contribution in [1.29, 1.82) is 0 Å². The number of hydrogen-bond acceptors (Lipinski definition) is 4. The molecule has 0 aliphatic rings. The molecular formula is C10H12BrNO4. The van der Waals surface area contributed by atoms with E-state index in [4.69, 9.17) is 9.84 Å². The molecule has 0 heterocycles. The van der Waals surface area contributed by atoms with Crippen molar-refractivity contribution in [2.75, 3.05) is 25.6 Å². The summed E-state index contributed by atoms with van der Waals surface area (Å²) in [5, 5.41) is 11.0. The Hall–Kier alpha value is -1.27. The van der Waals surface area contributed by atoms with Gasteiger partial charge in [-0.05, 0) is 12.1 Å². The van der Waals surface area contributed by atoms with Crippen LogP contribution in [0.4, 0.5) is 10.5 Å². The van der Waals surface area contributed by atoms with Crippen molar-refractivity contribution >= 4 is 27.7 Å². The van der Waals surface area contributed by atoms with Gasteiger partial charge in [0.25, 0.3) is 0 Å². The van der Waals surface area contributed by atoms with Crippen molar-refractivity contribution in [3.8, 4) is 5.75 Å². The Bertz CT molecular complexity index is 370. The summed E-state index contributed by atoms with van der Waals surface area (Å²) in [6.45, 7) is -0.230. The van der Waals surface area contributed by atoms with E-state index < -0.39 is 6.09 Å². The monoisotopic (exact) mass is 289 g/mol. The van der Waals surface area contributed by atoms with Gasteiger partial charge in [0.05, 0.1) is 13.7 Å². The van der Waals surface area contributed by atoms with Crippen LogP contribution in [-0.4, -0.2) is 31.5 Å². The van der Waals surface area contributed by atoms with E-state index >= 15 is 0 Å². The molecule has 0 saturated carbocycles. The average Bonchev–Trinajstić information content (AvgIpc) is 2.25. The summed E-state index contributed by atoms with van der Waals surface area (Å²) < 4.78 is 10.5. The number of rotatable bonds is 4. The van der Waals surface area contributed by atoms with E-state index in [2.05, 4.69) is 26.0 Å². The van der Waals surface area contributed by atoms with E-state index in [1.807, 2.05) is 0 Å². The number of aliphatic hydroxyl groups is 1. The third-order valence-electron chi connectivity index (χ3n) is 1.68. The lowest BCUT2D eigenvalue weighted by molar-refractivity contribution is 0.131. The molecule has 16 heavy (non-hydrogen) atoms. The molecule has 0 bridgehead atoms. The largest absolute Gasteiger partial charge is 0.497 e. The third kappa shape index (κ3) is 4.08. The number of aliphatic hydroxyl groups excluding tert-OH is 1. The highest BCUT2D eigenvalue weighted by atomic mass is 79.9. The van der Waals surface area contributed by atoms with Crippen molar-refractivity contribution < 1.29 is 19.4 Å². The first kappa shape index (κ1) is 12.8. The minimum absolute atomic E-state index is 0.0308. The van der Waals surface area contributed by atoms with Crippen LogP contribution < -0.4 is 10.1 Å². The molecule has 1 aromatic rings. The van der Waals surface area contributed by atoms with Gasteiger partial charge in [-0.25, -0.2) is 4.79 Å². The lowest BCUT2D eigenvalue weighted by Gasteiger charge is -2.08. The molecule has 1 rings (SSSR count). The molecule has 2 N–H and O–H groups in total. The van der Waals surface area contributed by atoms with Crippen LogP contribution in [-0.2, 0) is 4.74 Å². The van der Waals surface area contributed by atoms with Gasteiger partial charge < -0.3 is 14.6 Å². The summed E-state index contributed by atoms with van der Waals surface area (Å²) in [5.41, 5.74) is 0.550. The van der Waals surface area contributed by atoms with Crippen molar-refractivity contribution in [3.05, 3.63) is 22.7 Å². The number of amides is 1. The Balaban J connectivity index is 2.65. The zero-order chi connectivity index (χ0) is 12.0. The van der Waals surface area contributed by atoms with Gasteiger partial charge in [0.1, 0.15) is 12.4 Å². The summed E-state index contributed by atoms with van der Waals surface area (Å²) in [6, 6.07) is 5.14. The fraction of sp³-hybridized carbons (Fsp3) is 0.300. The van der Waals surface area contributed by atoms with Crippen LogP contribution in [0, 0.1) is 0 Å². The first-order valence-corrected chi connectivity index (χ1v) is 5.34. The molecule has 0 atom stereocenters. The third-order valence-corrected chi connectivity index (χ3v) is 2.14. The van der Waals surface area contributed by atoms with E-state index in [-0.39, 0.29) is 13.2 Å². The summed E-state index contributed by atoms with van der Waals surface area (Å²) >= 11 is 3.28. The molecule has 5 nitrogen and oxygen atoms in total. The standard InChI is InChI=1S/C10H12BrNO4/c1-15-9-5-7(11)4-8(6-9)12-10(14)16-3-2-13/h4-6,13H,2-3H2,1H3,(H,12,14). The number of carbonyl (C=O) groups is 1. The molecule has 0 radical (unpaired) electrons. The van der Waals surface area contributed by atoms with Gasteiger partial charge in [-0.1, -0.05) is 15.9 Å². The van der Waals surface area contributed by atoms with Crippen LogP contribution in [0.15, 0.2) is 22.7 Å². The number of hydrogen-bond donors (Lipinski definition) is 2. The molecule has 88 valence electrons. The van der Waals surface area contributed by atoms with Gasteiger partial charge in [0, 0.05) is 16.2 Å². The number of methoxy groups -OCH3 is 1. The van der Waals surface area contributed by atoms with Gasteiger partial charge in [-0.2, -0.15) is 0 Å². The summed E-state index contributed by atoms with van der Waals surface area (Å²) in [6.07, 6.45) is -0.616. The Morgan fingerprint density at radius 3 is 2.88 bits per heavy atom. The highest BCUT2D eigenvalue weighted by Crippen LogP contribution is 2.24. The Kier molecular flexibility index (Phi) is 5.07. The predicted octanol–water partition coefficient (Wildman–Crippen LogP) is 2.00. The van der Waals surface area contributed by atoms with Gasteiger partial charge in [0.15, 0.2) is 0 Å². The fourth-order valence-corrected chi connectivity index (χ4v) is 1.52. The van der Waals surface area contributed by atoms with Gasteiger partial charge in [-0.15, -0.1) is 0 Å². The molecular weight excluding hydrogens is 278 g/mol. The number of carbonyl (C=O) groups excluding carboxylic acids is 1. The van der Waals surface area contributed by atoms with E-state index in [1.165, 1.54) is 7.11 Å². The second-order valence-electron chi connectivity index (χ2n) is 2.86. The number of ether oxygens (including phenoxy) is 2. The van der Waals surface area contributed by atoms with E-state index in [0.717, 1.165) is 4.47 Å². The van der Waals surface area contributed by atoms with Crippen LogP contribution in [0.1, 0.15) is 0 Å². The smallest absolute Gasteiger partial charge is 0.411 e. The van der Waals surface area contributed by atoms with Crippen LogP contribution >= 0.6 is 15.9 Å². The quantitative estimate of drug-likeness (QED) is 0.890. The first-order valence-electron chi connectivity index (χ1n) is 4.55. The van der Waals surface area contributed by atoms with Crippen molar-refractivity contribution in [3.63, 3.8) is 0 Å². The van der Waals surface area contributed by atoms with Crippen LogP contribution in [0.25, 0.3) is 0 Å². The Morgan fingerprint density at radius 1 is 1.50 bits per heavy atom. The summed E-state index contributed by atoms with van der Waals surface area (Å²) in [7, 11) is 1.54. The molecule has 0 aliphatic carbocycles. The highest BCUT2D eigenvalue weighted by molar-refractivity contribution is 9.10. The highest BCUT2D eigenvalue weighted by Gasteiger charge is 2.05. The molecule has 0 unspecified atom stereocenters. The van der Waals surface area contributed by atoms with Gasteiger partial charge in [0.2, 0.25) is 0 Å². The molecule has 0 aliphatic heterocycles. The second kappa shape index (κ2) is 6.34. The van der Waals surface area contributed by atoms with Crippen LogP contribution in [0.2, 0.25) is 0 Å². The minimum atomic E-state index is -0.616. The lowest BCUT2D eigenvalue weighted by atomic mass is 10.3. The van der Waals surface area contributed by atoms with E-state index in [1.54, 1.807) is 18.2 Å². The minimum Gasteiger partial charge on any atom is -0.497 e. The molecule has 0 saturated heterocycles. The fourth-order valence-electron chi connectivity index (χ4n) is 1.05. The molecule has 0 spiro atoms. The summed E-state index contributed by atoms with van der Waals surface area (Å²) in [5.74, 6) is 0.617. The predicted molar refractivity (Wildman–Crippen MR) is 62.8 cm³/mol. The summed E-state index contributed by atoms with van der Waals surface area (Å²) in [4.78, 5) is 11.2. The maximum Gasteiger partial charge on any atom is 0.411 e. The molecule has 0 aromatic heterocycles. The SMILES string of the molecule is COc1cc(Br)cc(NC(=O)OCCO)c1. The maximum atomic E-state index is 11.2. The zero-order valence-corrected chi connectivity index (χ0v) is 10.3. The maximum absolute atomic E-state index is 11.2. The molecule has 0 fully saturated rings. The normalized spacial score (nSPS) is 9.69. The number of anilines is 1. The van der Waals surface area contributed by atoms with Gasteiger partial charge in [-0.3, -0.25) is 5.32 Å². The first-order chi connectivity index (χ1) is 7.65. The topological polar surface area (TPSA) is 67.8 Å².